The van der Waals surface area contributed by atoms with Crippen molar-refractivity contribution in [1.82, 2.24) is 4.90 Å². The number of rotatable bonds is 10. The van der Waals surface area contributed by atoms with E-state index in [0.717, 1.165) is 18.4 Å². The first-order valence-corrected chi connectivity index (χ1v) is 18.5. The number of fused-ring (bicyclic) bond motifs is 2. The third kappa shape index (κ3) is 6.16. The highest BCUT2D eigenvalue weighted by molar-refractivity contribution is 6.99. The Bertz CT molecular complexity index is 1540. The standard InChI is InChI=1S/C39H45NO5Si/c1-39(2,3)46(30-19-11-5-12-20-30,31-21-13-6-14-22-31)44-25-15-7-10-18-29-26-33(41)36-34(45-29)24-23-32-35(36)38(43)40(37(32)42)27-28-16-8-4-9-17-28/h4-6,8-14,16-22,29,32-33,35,41H,7,15,23-27H2,1-3H3/b18-10+/t29-,32-,33+,35-/m1/s1. The predicted molar refractivity (Wildman–Crippen MR) is 183 cm³/mol. The summed E-state index contributed by atoms with van der Waals surface area (Å²) in [5.41, 5.74) is 1.54. The van der Waals surface area contributed by atoms with Gasteiger partial charge in [-0.25, -0.2) is 0 Å². The summed E-state index contributed by atoms with van der Waals surface area (Å²) in [7, 11) is -2.56. The Balaban J connectivity index is 1.09. The maximum atomic E-state index is 13.5. The van der Waals surface area contributed by atoms with Crippen molar-refractivity contribution in [2.45, 2.75) is 76.7 Å². The number of amides is 2. The highest BCUT2D eigenvalue weighted by atomic mass is 28.4. The van der Waals surface area contributed by atoms with E-state index >= 15 is 0 Å². The molecule has 0 unspecified atom stereocenters. The highest BCUT2D eigenvalue weighted by Gasteiger charge is 2.54. The third-order valence-electron chi connectivity index (χ3n) is 9.75. The van der Waals surface area contributed by atoms with E-state index in [1.165, 1.54) is 15.3 Å². The highest BCUT2D eigenvalue weighted by Crippen LogP contribution is 2.46. The Morgan fingerprint density at radius 2 is 1.52 bits per heavy atom. The van der Waals surface area contributed by atoms with Gasteiger partial charge in [0.25, 0.3) is 8.32 Å². The monoisotopic (exact) mass is 635 g/mol. The maximum Gasteiger partial charge on any atom is 0.261 e. The average molecular weight is 636 g/mol. The lowest BCUT2D eigenvalue weighted by molar-refractivity contribution is -0.140. The van der Waals surface area contributed by atoms with Gasteiger partial charge in [0.15, 0.2) is 0 Å². The van der Waals surface area contributed by atoms with Crippen molar-refractivity contribution < 1.29 is 23.9 Å². The van der Waals surface area contributed by atoms with Crippen molar-refractivity contribution >= 4 is 30.5 Å². The molecule has 6 nitrogen and oxygen atoms in total. The van der Waals surface area contributed by atoms with Crippen LogP contribution < -0.4 is 10.4 Å². The summed E-state index contributed by atoms with van der Waals surface area (Å²) in [5.74, 6) is -0.717. The quantitative estimate of drug-likeness (QED) is 0.130. The molecule has 1 aliphatic carbocycles. The van der Waals surface area contributed by atoms with E-state index in [4.69, 9.17) is 9.16 Å². The largest absolute Gasteiger partial charge is 0.491 e. The number of allylic oxidation sites excluding steroid dienone is 2. The van der Waals surface area contributed by atoms with E-state index in [2.05, 4.69) is 87.5 Å². The van der Waals surface area contributed by atoms with Crippen molar-refractivity contribution in [1.29, 1.82) is 0 Å². The molecule has 0 bridgehead atoms. The van der Waals surface area contributed by atoms with Gasteiger partial charge in [-0.05, 0) is 46.3 Å². The molecule has 0 radical (unpaired) electrons. The summed E-state index contributed by atoms with van der Waals surface area (Å²) in [4.78, 5) is 28.1. The number of hydrogen-bond acceptors (Lipinski definition) is 5. The second-order valence-electron chi connectivity index (χ2n) is 13.7. The van der Waals surface area contributed by atoms with Crippen LogP contribution in [0.1, 0.15) is 58.4 Å². The van der Waals surface area contributed by atoms with Crippen LogP contribution in [0.5, 0.6) is 0 Å². The molecular formula is C39H45NO5Si. The Kier molecular flexibility index (Phi) is 9.46. The number of imide groups is 1. The van der Waals surface area contributed by atoms with Crippen LogP contribution in [-0.2, 0) is 25.3 Å². The van der Waals surface area contributed by atoms with Crippen LogP contribution in [0.3, 0.4) is 0 Å². The van der Waals surface area contributed by atoms with Gasteiger partial charge >= 0.3 is 0 Å². The number of carbonyl (C=O) groups excluding carboxylic acids is 2. The summed E-state index contributed by atoms with van der Waals surface area (Å²) in [6.45, 7) is 7.77. The van der Waals surface area contributed by atoms with Crippen molar-refractivity contribution in [2.24, 2.45) is 11.8 Å². The number of hydrogen-bond donors (Lipinski definition) is 1. The van der Waals surface area contributed by atoms with Crippen LogP contribution in [0.25, 0.3) is 0 Å². The van der Waals surface area contributed by atoms with Crippen LogP contribution in [-0.4, -0.2) is 49.0 Å². The summed E-state index contributed by atoms with van der Waals surface area (Å²) < 4.78 is 13.4. The zero-order chi connectivity index (χ0) is 32.3. The number of ether oxygens (including phenoxy) is 1. The third-order valence-corrected chi connectivity index (χ3v) is 14.8. The minimum atomic E-state index is -2.56. The second kappa shape index (κ2) is 13.5. The van der Waals surface area contributed by atoms with Crippen molar-refractivity contribution in [3.8, 4) is 0 Å². The fourth-order valence-electron chi connectivity index (χ4n) is 7.61. The van der Waals surface area contributed by atoms with E-state index in [1.54, 1.807) is 0 Å². The van der Waals surface area contributed by atoms with Crippen LogP contribution in [0.15, 0.2) is 114 Å². The molecule has 0 aromatic heterocycles. The fourth-order valence-corrected chi connectivity index (χ4v) is 12.2. The number of unbranched alkanes of at least 4 members (excludes halogenated alkanes) is 1. The molecule has 2 amide bonds. The molecule has 1 fully saturated rings. The van der Waals surface area contributed by atoms with E-state index in [1.807, 2.05) is 36.4 Å². The van der Waals surface area contributed by atoms with Gasteiger partial charge in [0.2, 0.25) is 11.8 Å². The van der Waals surface area contributed by atoms with Gasteiger partial charge in [0.1, 0.15) is 6.10 Å². The first-order valence-electron chi connectivity index (χ1n) is 16.6. The molecule has 4 atom stereocenters. The summed E-state index contributed by atoms with van der Waals surface area (Å²) in [6.07, 6.45) is 6.25. The number of likely N-dealkylation sites (tertiary alicyclic amines) is 1. The molecule has 3 aromatic carbocycles. The topological polar surface area (TPSA) is 76.1 Å². The predicted octanol–water partition coefficient (Wildman–Crippen LogP) is 5.90. The van der Waals surface area contributed by atoms with Gasteiger partial charge in [-0.3, -0.25) is 14.5 Å². The zero-order valence-electron chi connectivity index (χ0n) is 27.1. The van der Waals surface area contributed by atoms with Crippen molar-refractivity contribution in [3.05, 3.63) is 120 Å². The van der Waals surface area contributed by atoms with Crippen LogP contribution in [0.2, 0.25) is 5.04 Å². The van der Waals surface area contributed by atoms with E-state index in [9.17, 15) is 14.7 Å². The molecule has 7 heteroatoms. The number of carbonyl (C=O) groups is 2. The van der Waals surface area contributed by atoms with Crippen LogP contribution in [0, 0.1) is 11.8 Å². The van der Waals surface area contributed by atoms with Gasteiger partial charge in [0.05, 0.1) is 30.2 Å². The lowest BCUT2D eigenvalue weighted by atomic mass is 9.75. The lowest BCUT2D eigenvalue weighted by Crippen LogP contribution is -2.66. The number of benzene rings is 3. The van der Waals surface area contributed by atoms with E-state index in [-0.39, 0.29) is 29.5 Å². The molecule has 3 aromatic rings. The number of nitrogens with zero attached hydrogens (tertiary/aromatic N) is 1. The van der Waals surface area contributed by atoms with Gasteiger partial charge in [-0.2, -0.15) is 0 Å². The molecule has 2 aliphatic heterocycles. The minimum Gasteiger partial charge on any atom is -0.491 e. The van der Waals surface area contributed by atoms with Crippen LogP contribution >= 0.6 is 0 Å². The Labute approximate surface area is 273 Å². The van der Waals surface area contributed by atoms with Gasteiger partial charge < -0.3 is 14.3 Å². The molecule has 6 rings (SSSR count). The van der Waals surface area contributed by atoms with Gasteiger partial charge in [-0.15, -0.1) is 0 Å². The second-order valence-corrected chi connectivity index (χ2v) is 18.0. The van der Waals surface area contributed by atoms with Crippen molar-refractivity contribution in [2.75, 3.05) is 6.61 Å². The molecule has 2 heterocycles. The Morgan fingerprint density at radius 3 is 2.13 bits per heavy atom. The summed E-state index contributed by atoms with van der Waals surface area (Å²) >= 11 is 0. The Morgan fingerprint density at radius 1 is 0.913 bits per heavy atom. The smallest absolute Gasteiger partial charge is 0.261 e. The SMILES string of the molecule is CC(C)(C)[Si](OCCC/C=C/[C@@H]1C[C@H](O)C2=C(CC[C@H]3C(=O)N(Cc4ccccc4)C(=O)[C@@H]23)O1)(c1ccccc1)c1ccccc1. The zero-order valence-corrected chi connectivity index (χ0v) is 28.1. The molecule has 3 aliphatic rings. The first-order chi connectivity index (χ1) is 22.2. The normalized spacial score (nSPS) is 23.4. The van der Waals surface area contributed by atoms with E-state index in [0.29, 0.717) is 37.2 Å². The molecule has 1 saturated heterocycles. The molecular weight excluding hydrogens is 591 g/mol. The fraction of sp³-hybridized carbons (Fsp3) is 0.385. The van der Waals surface area contributed by atoms with Gasteiger partial charge in [0, 0.05) is 25.0 Å². The molecule has 46 heavy (non-hydrogen) atoms. The van der Waals surface area contributed by atoms with Crippen molar-refractivity contribution in [3.63, 3.8) is 0 Å². The summed E-state index contributed by atoms with van der Waals surface area (Å²) in [6, 6.07) is 30.9. The first kappa shape index (κ1) is 32.2. The summed E-state index contributed by atoms with van der Waals surface area (Å²) in [5, 5.41) is 13.7. The minimum absolute atomic E-state index is 0.0635. The average Bonchev–Trinajstić information content (AvgIpc) is 3.29. The Hall–Kier alpha value is -3.78. The molecule has 0 spiro atoms. The van der Waals surface area contributed by atoms with Gasteiger partial charge in [-0.1, -0.05) is 118 Å². The molecule has 240 valence electrons. The maximum absolute atomic E-state index is 13.5. The number of aliphatic hydroxyl groups excluding tert-OH is 1. The van der Waals surface area contributed by atoms with E-state index < -0.39 is 26.3 Å². The lowest BCUT2D eigenvalue weighted by Gasteiger charge is -2.43. The van der Waals surface area contributed by atoms with Crippen LogP contribution in [0.4, 0.5) is 0 Å². The molecule has 1 N–H and O–H groups in total. The molecule has 0 saturated carbocycles. The number of aliphatic hydroxyl groups is 1.